The molecule has 0 aliphatic heterocycles. The zero-order chi connectivity index (χ0) is 37.9. The molecule has 4 heteroatoms. The van der Waals surface area contributed by atoms with Crippen molar-refractivity contribution in [3.8, 4) is 27.9 Å². The normalized spacial score (nSPS) is 14.0. The molecule has 0 atom stereocenters. The molecule has 58 heavy (non-hydrogen) atoms. The molecule has 0 amide bonds. The van der Waals surface area contributed by atoms with E-state index in [-0.39, 0.29) is 0 Å². The van der Waals surface area contributed by atoms with Gasteiger partial charge in [-0.3, -0.25) is 0 Å². The molecule has 2 nitrogen and oxygen atoms in total. The number of fused-ring (bicyclic) bond motifs is 12. The van der Waals surface area contributed by atoms with Gasteiger partial charge in [-0.25, -0.2) is 0 Å². The highest BCUT2D eigenvalue weighted by Crippen LogP contribution is 2.44. The lowest BCUT2D eigenvalue weighted by Crippen LogP contribution is -2.03. The number of hydrogen-bond acceptors (Lipinski definition) is 2. The van der Waals surface area contributed by atoms with Crippen molar-refractivity contribution in [3.05, 3.63) is 179 Å². The van der Waals surface area contributed by atoms with E-state index >= 15 is 0 Å². The molecule has 0 saturated carbocycles. The number of hydrogen-bond donors (Lipinski definition) is 0. The summed E-state index contributed by atoms with van der Waals surface area (Å²) in [4.78, 5) is 1.49. The highest BCUT2D eigenvalue weighted by atomic mass is 32.1. The van der Waals surface area contributed by atoms with Crippen LogP contribution in [-0.2, 0) is 12.8 Å². The van der Waals surface area contributed by atoms with Crippen molar-refractivity contribution in [1.82, 2.24) is 9.13 Å². The van der Waals surface area contributed by atoms with Crippen molar-refractivity contribution >= 4 is 103 Å². The van der Waals surface area contributed by atoms with E-state index in [4.69, 9.17) is 0 Å². The molecule has 0 radical (unpaired) electrons. The van der Waals surface area contributed by atoms with E-state index in [2.05, 4.69) is 179 Å². The van der Waals surface area contributed by atoms with Gasteiger partial charge in [0.2, 0.25) is 0 Å². The fourth-order valence-corrected chi connectivity index (χ4v) is 12.2. The van der Waals surface area contributed by atoms with Crippen LogP contribution in [0.4, 0.5) is 0 Å². The topological polar surface area (TPSA) is 9.86 Å². The van der Waals surface area contributed by atoms with Crippen LogP contribution in [-0.4, -0.2) is 9.13 Å². The number of aryl methyl sites for hydroxylation is 2. The maximum Gasteiger partial charge on any atom is 0.0537 e. The zero-order valence-corrected chi connectivity index (χ0v) is 33.3. The first kappa shape index (κ1) is 32.6. The Morgan fingerprint density at radius 1 is 0.431 bits per heavy atom. The van der Waals surface area contributed by atoms with Gasteiger partial charge >= 0.3 is 0 Å². The molecule has 4 aromatic heterocycles. The molecule has 0 saturated heterocycles. The minimum atomic E-state index is 1.04. The predicted octanol–water partition coefficient (Wildman–Crippen LogP) is 15.6. The smallest absolute Gasteiger partial charge is 0.0537 e. The fourth-order valence-electron chi connectivity index (χ4n) is 9.98. The van der Waals surface area contributed by atoms with Gasteiger partial charge in [0.15, 0.2) is 0 Å². The first-order valence-corrected chi connectivity index (χ1v) is 22.0. The fraction of sp³-hybridized carbons (Fsp3) is 0.0741. The van der Waals surface area contributed by atoms with Crippen molar-refractivity contribution in [3.63, 3.8) is 0 Å². The number of benzene rings is 7. The van der Waals surface area contributed by atoms with E-state index in [0.717, 1.165) is 25.7 Å². The summed E-state index contributed by atoms with van der Waals surface area (Å²) in [6.07, 6.45) is 11.4. The Hall–Kier alpha value is -6.46. The van der Waals surface area contributed by atoms with E-state index in [1.54, 1.807) is 0 Å². The largest absolute Gasteiger partial charge is 0.313 e. The highest BCUT2D eigenvalue weighted by Gasteiger charge is 2.22. The summed E-state index contributed by atoms with van der Waals surface area (Å²) in [7, 11) is 0. The quantitative estimate of drug-likeness (QED) is 0.168. The molecule has 7 aromatic carbocycles. The Morgan fingerprint density at radius 2 is 1.00 bits per heavy atom. The summed E-state index contributed by atoms with van der Waals surface area (Å²) in [5, 5.41) is 8.02. The minimum absolute atomic E-state index is 1.04. The van der Waals surface area contributed by atoms with E-state index in [1.807, 2.05) is 22.7 Å². The number of allylic oxidation sites excluding steroid dienone is 2. The molecular formula is C54H36N2S2. The van der Waals surface area contributed by atoms with Crippen LogP contribution in [0.15, 0.2) is 158 Å². The molecule has 4 heterocycles. The molecule has 11 aromatic rings. The summed E-state index contributed by atoms with van der Waals surface area (Å²) in [6, 6.07) is 56.9. The van der Waals surface area contributed by atoms with Crippen LogP contribution in [0.2, 0.25) is 0 Å². The van der Waals surface area contributed by atoms with E-state index in [1.165, 1.54) is 118 Å². The Bertz CT molecular complexity index is 3510. The van der Waals surface area contributed by atoms with Gasteiger partial charge in [0.1, 0.15) is 0 Å². The molecule has 0 spiro atoms. The predicted molar refractivity (Wildman–Crippen MR) is 252 cm³/mol. The van der Waals surface area contributed by atoms with Crippen LogP contribution < -0.4 is 0 Å². The second kappa shape index (κ2) is 12.5. The molecule has 0 bridgehead atoms. The molecule has 2 aliphatic rings. The van der Waals surface area contributed by atoms with Gasteiger partial charge in [-0.15, -0.1) is 22.7 Å². The van der Waals surface area contributed by atoms with Gasteiger partial charge < -0.3 is 9.13 Å². The summed E-state index contributed by atoms with van der Waals surface area (Å²) < 4.78 is 8.99. The van der Waals surface area contributed by atoms with Gasteiger partial charge in [0.05, 0.1) is 16.6 Å². The maximum absolute atomic E-state index is 2.50. The number of nitrogens with zero attached hydrogens (tertiary/aromatic N) is 2. The number of para-hydroxylation sites is 3. The molecule has 274 valence electrons. The summed E-state index contributed by atoms with van der Waals surface area (Å²) in [5.41, 5.74) is 15.7. The minimum Gasteiger partial charge on any atom is -0.313 e. The van der Waals surface area contributed by atoms with Crippen molar-refractivity contribution in [2.24, 2.45) is 0 Å². The van der Waals surface area contributed by atoms with Crippen LogP contribution in [0.25, 0.3) is 109 Å². The lowest BCUT2D eigenvalue weighted by molar-refractivity contribution is 0.968. The van der Waals surface area contributed by atoms with Crippen molar-refractivity contribution in [2.45, 2.75) is 25.7 Å². The second-order valence-electron chi connectivity index (χ2n) is 15.9. The van der Waals surface area contributed by atoms with Gasteiger partial charge in [-0.1, -0.05) is 97.1 Å². The third-order valence-electron chi connectivity index (χ3n) is 12.7. The van der Waals surface area contributed by atoms with Gasteiger partial charge in [0, 0.05) is 68.4 Å². The van der Waals surface area contributed by atoms with Crippen LogP contribution >= 0.6 is 22.7 Å². The van der Waals surface area contributed by atoms with Crippen molar-refractivity contribution in [1.29, 1.82) is 0 Å². The molecule has 0 unspecified atom stereocenters. The first-order chi connectivity index (χ1) is 28.7. The lowest BCUT2D eigenvalue weighted by Gasteiger charge is -2.17. The zero-order valence-electron chi connectivity index (χ0n) is 31.7. The number of rotatable bonds is 4. The van der Waals surface area contributed by atoms with Gasteiger partial charge in [0.25, 0.3) is 0 Å². The van der Waals surface area contributed by atoms with E-state index < -0.39 is 0 Å². The van der Waals surface area contributed by atoms with E-state index in [9.17, 15) is 0 Å². The molecule has 0 N–H and O–H groups in total. The van der Waals surface area contributed by atoms with Crippen molar-refractivity contribution in [2.75, 3.05) is 0 Å². The summed E-state index contributed by atoms with van der Waals surface area (Å²) in [5.74, 6) is 0. The third kappa shape index (κ3) is 4.82. The lowest BCUT2D eigenvalue weighted by atomic mass is 9.96. The highest BCUT2D eigenvalue weighted by molar-refractivity contribution is 7.25. The Morgan fingerprint density at radius 3 is 1.71 bits per heavy atom. The average Bonchev–Trinajstić information content (AvgIpc) is 4.03. The first-order valence-electron chi connectivity index (χ1n) is 20.3. The van der Waals surface area contributed by atoms with Crippen LogP contribution in [0, 0.1) is 0 Å². The third-order valence-corrected chi connectivity index (χ3v) is 15.1. The Labute approximate surface area is 343 Å². The van der Waals surface area contributed by atoms with Crippen LogP contribution in [0.3, 0.4) is 0 Å². The summed E-state index contributed by atoms with van der Waals surface area (Å²) in [6.45, 7) is 0. The molecule has 13 rings (SSSR count). The number of aromatic nitrogens is 2. The number of thiophene rings is 2. The van der Waals surface area contributed by atoms with Crippen molar-refractivity contribution < 1.29 is 0 Å². The van der Waals surface area contributed by atoms with Crippen LogP contribution in [0.1, 0.15) is 34.5 Å². The SMILES string of the molecule is C1=Cc2c(c3ccccc3n2-c2ccc3sc4ccc(-c5ccc(-c6ccc7sc8c(c7c6)C=C(n6c7ccccc7c7ccccc76)CC8)cc5)cc4c3c2)CC1. The summed E-state index contributed by atoms with van der Waals surface area (Å²) >= 11 is 3.85. The van der Waals surface area contributed by atoms with Crippen LogP contribution in [0.5, 0.6) is 0 Å². The van der Waals surface area contributed by atoms with Gasteiger partial charge in [-0.05, 0) is 132 Å². The second-order valence-corrected chi connectivity index (χ2v) is 18.1. The molecular weight excluding hydrogens is 741 g/mol. The van der Waals surface area contributed by atoms with E-state index in [0.29, 0.717) is 0 Å². The standard InChI is InChI=1S/C54H36N2S2/c1-5-13-47-39(9-1)40-10-2-6-14-48(40)55(47)37-23-27-53-45(31-37)43-29-35(21-25-51(43)57-53)33-17-19-34(20-18-33)36-22-26-52-44(30-36)46-32-38(24-28-54(46)58-52)56-49-15-7-3-11-41(49)42-12-4-8-16-50(42)56/h1-3,5-11,13-22,24-26,28-32H,4,12,23,27H2. The van der Waals surface area contributed by atoms with Gasteiger partial charge in [-0.2, -0.15) is 0 Å². The molecule has 0 fully saturated rings. The maximum atomic E-state index is 2.50. The average molecular weight is 777 g/mol. The Balaban J connectivity index is 0.859. The molecule has 2 aliphatic carbocycles. The Kier molecular flexibility index (Phi) is 7.04. The monoisotopic (exact) mass is 776 g/mol.